The molecule has 2 aromatic carbocycles. The molecular formula is C24H26N4O4S2. The summed E-state index contributed by atoms with van der Waals surface area (Å²) in [7, 11) is -3.68. The standard InChI is InChI=1S/C24H26N4O4S2/c1-17-5-10-20(34(31,32)27-11-3-2-4-12-27)13-21(17)24(30)28-16-33-15-22(28)23(29)26-19-8-6-18(14-25)7-9-19/h5-10,13,22H,2-4,11-12,15-16H2,1H3,(H,26,29). The van der Waals surface area contributed by atoms with Gasteiger partial charge >= 0.3 is 0 Å². The first-order valence-electron chi connectivity index (χ1n) is 11.1. The summed E-state index contributed by atoms with van der Waals surface area (Å²) in [6, 6.07) is 12.5. The van der Waals surface area contributed by atoms with E-state index in [9.17, 15) is 18.0 Å². The molecule has 34 heavy (non-hydrogen) atoms. The number of anilines is 1. The van der Waals surface area contributed by atoms with E-state index in [1.807, 2.05) is 6.07 Å². The molecule has 2 saturated heterocycles. The normalized spacial score (nSPS) is 18.9. The second kappa shape index (κ2) is 10.2. The summed E-state index contributed by atoms with van der Waals surface area (Å²) in [5.74, 6) is 0.0990. The average Bonchev–Trinajstić information content (AvgIpc) is 3.35. The zero-order chi connectivity index (χ0) is 24.3. The van der Waals surface area contributed by atoms with Gasteiger partial charge in [0.05, 0.1) is 22.4 Å². The summed E-state index contributed by atoms with van der Waals surface area (Å²) in [6.45, 7) is 2.74. The van der Waals surface area contributed by atoms with E-state index in [0.717, 1.165) is 19.3 Å². The molecule has 2 heterocycles. The van der Waals surface area contributed by atoms with Gasteiger partial charge in [0.2, 0.25) is 15.9 Å². The molecule has 1 N–H and O–H groups in total. The molecular weight excluding hydrogens is 472 g/mol. The van der Waals surface area contributed by atoms with Crippen molar-refractivity contribution < 1.29 is 18.0 Å². The van der Waals surface area contributed by atoms with Gasteiger partial charge < -0.3 is 10.2 Å². The molecule has 0 aliphatic carbocycles. The van der Waals surface area contributed by atoms with Gasteiger partial charge in [-0.3, -0.25) is 9.59 Å². The molecule has 2 aliphatic heterocycles. The number of benzene rings is 2. The molecule has 0 saturated carbocycles. The Hall–Kier alpha value is -2.87. The summed E-state index contributed by atoms with van der Waals surface area (Å²) in [5.41, 5.74) is 1.97. The van der Waals surface area contributed by atoms with Crippen LogP contribution >= 0.6 is 11.8 Å². The lowest BCUT2D eigenvalue weighted by Gasteiger charge is -2.27. The number of piperidine rings is 1. The van der Waals surface area contributed by atoms with E-state index in [-0.39, 0.29) is 22.3 Å². The Morgan fingerprint density at radius 3 is 2.47 bits per heavy atom. The first-order valence-corrected chi connectivity index (χ1v) is 13.7. The van der Waals surface area contributed by atoms with Crippen LogP contribution in [0.25, 0.3) is 0 Å². The lowest BCUT2D eigenvalue weighted by atomic mass is 10.1. The van der Waals surface area contributed by atoms with E-state index in [1.54, 1.807) is 43.3 Å². The fourth-order valence-corrected chi connectivity index (χ4v) is 6.81. The maximum absolute atomic E-state index is 13.5. The van der Waals surface area contributed by atoms with Crippen LogP contribution < -0.4 is 5.32 Å². The molecule has 8 nitrogen and oxygen atoms in total. The average molecular weight is 499 g/mol. The van der Waals surface area contributed by atoms with Crippen molar-refractivity contribution in [2.45, 2.75) is 37.1 Å². The summed E-state index contributed by atoms with van der Waals surface area (Å²) >= 11 is 1.47. The molecule has 0 radical (unpaired) electrons. The van der Waals surface area contributed by atoms with Crippen molar-refractivity contribution in [3.8, 4) is 6.07 Å². The number of aryl methyl sites for hydroxylation is 1. The van der Waals surface area contributed by atoms with Crippen molar-refractivity contribution in [2.24, 2.45) is 0 Å². The highest BCUT2D eigenvalue weighted by atomic mass is 32.2. The number of hydrogen-bond donors (Lipinski definition) is 1. The van der Waals surface area contributed by atoms with Crippen LogP contribution in [0.5, 0.6) is 0 Å². The number of sulfonamides is 1. The van der Waals surface area contributed by atoms with Gasteiger partial charge in [-0.05, 0) is 61.7 Å². The zero-order valence-electron chi connectivity index (χ0n) is 18.9. The third-order valence-electron chi connectivity index (χ3n) is 6.12. The molecule has 178 valence electrons. The van der Waals surface area contributed by atoms with Crippen molar-refractivity contribution in [1.29, 1.82) is 5.26 Å². The Bertz CT molecular complexity index is 1230. The minimum absolute atomic E-state index is 0.105. The molecule has 2 aliphatic rings. The highest BCUT2D eigenvalue weighted by Crippen LogP contribution is 2.28. The number of nitrogens with zero attached hydrogens (tertiary/aromatic N) is 3. The fourth-order valence-electron chi connectivity index (χ4n) is 4.11. The maximum Gasteiger partial charge on any atom is 0.255 e. The highest BCUT2D eigenvalue weighted by Gasteiger charge is 2.36. The van der Waals surface area contributed by atoms with E-state index in [1.165, 1.54) is 27.0 Å². The first-order chi connectivity index (χ1) is 16.3. The molecule has 2 fully saturated rings. The molecule has 0 bridgehead atoms. The molecule has 10 heteroatoms. The number of carbonyl (C=O) groups is 2. The fraction of sp³-hybridized carbons (Fsp3) is 0.375. The molecule has 0 aromatic heterocycles. The SMILES string of the molecule is Cc1ccc(S(=O)(=O)N2CCCCC2)cc1C(=O)N1CSCC1C(=O)Nc1ccc(C#N)cc1. The number of carbonyl (C=O) groups excluding carboxylic acids is 2. The first kappa shape index (κ1) is 24.3. The van der Waals surface area contributed by atoms with Gasteiger partial charge in [-0.15, -0.1) is 11.8 Å². The van der Waals surface area contributed by atoms with Crippen LogP contribution in [0, 0.1) is 18.3 Å². The van der Waals surface area contributed by atoms with Gasteiger partial charge in [0.25, 0.3) is 5.91 Å². The largest absolute Gasteiger partial charge is 0.324 e. The third-order valence-corrected chi connectivity index (χ3v) is 9.03. The van der Waals surface area contributed by atoms with Crippen LogP contribution in [0.2, 0.25) is 0 Å². The Labute approximate surface area is 204 Å². The van der Waals surface area contributed by atoms with Crippen LogP contribution in [-0.2, 0) is 14.8 Å². The van der Waals surface area contributed by atoms with Crippen molar-refractivity contribution in [3.63, 3.8) is 0 Å². The van der Waals surface area contributed by atoms with E-state index < -0.39 is 16.1 Å². The van der Waals surface area contributed by atoms with Gasteiger partial charge in [-0.25, -0.2) is 8.42 Å². The molecule has 1 atom stereocenters. The Kier molecular flexibility index (Phi) is 7.26. The number of nitriles is 1. The Morgan fingerprint density at radius 1 is 1.09 bits per heavy atom. The second-order valence-electron chi connectivity index (χ2n) is 8.41. The van der Waals surface area contributed by atoms with Crippen LogP contribution in [0.1, 0.15) is 40.7 Å². The number of thioether (sulfide) groups is 1. The van der Waals surface area contributed by atoms with Crippen molar-refractivity contribution in [3.05, 3.63) is 59.2 Å². The van der Waals surface area contributed by atoms with Gasteiger partial charge in [0.15, 0.2) is 0 Å². The van der Waals surface area contributed by atoms with Crippen LogP contribution in [-0.4, -0.2) is 60.2 Å². The van der Waals surface area contributed by atoms with Crippen molar-refractivity contribution in [1.82, 2.24) is 9.21 Å². The topological polar surface area (TPSA) is 111 Å². The lowest BCUT2D eigenvalue weighted by Crippen LogP contribution is -2.44. The number of rotatable bonds is 5. The van der Waals surface area contributed by atoms with Crippen LogP contribution in [0.4, 0.5) is 5.69 Å². The van der Waals surface area contributed by atoms with Gasteiger partial charge in [-0.1, -0.05) is 12.5 Å². The summed E-state index contributed by atoms with van der Waals surface area (Å²) in [6.07, 6.45) is 2.68. The lowest BCUT2D eigenvalue weighted by molar-refractivity contribution is -0.119. The maximum atomic E-state index is 13.5. The molecule has 0 spiro atoms. The highest BCUT2D eigenvalue weighted by molar-refractivity contribution is 7.99. The molecule has 4 rings (SSSR count). The predicted molar refractivity (Wildman–Crippen MR) is 131 cm³/mol. The third kappa shape index (κ3) is 4.97. The van der Waals surface area contributed by atoms with Gasteiger partial charge in [0, 0.05) is 30.1 Å². The monoisotopic (exact) mass is 498 g/mol. The van der Waals surface area contributed by atoms with Crippen LogP contribution in [0.3, 0.4) is 0 Å². The van der Waals surface area contributed by atoms with Gasteiger partial charge in [-0.2, -0.15) is 9.57 Å². The minimum atomic E-state index is -3.68. The summed E-state index contributed by atoms with van der Waals surface area (Å²) in [4.78, 5) is 28.0. The van der Waals surface area contributed by atoms with Crippen molar-refractivity contribution >= 4 is 39.3 Å². The van der Waals surface area contributed by atoms with E-state index >= 15 is 0 Å². The summed E-state index contributed by atoms with van der Waals surface area (Å²) < 4.78 is 27.7. The molecule has 2 amide bonds. The van der Waals surface area contributed by atoms with Crippen LogP contribution in [0.15, 0.2) is 47.4 Å². The van der Waals surface area contributed by atoms with E-state index in [2.05, 4.69) is 5.32 Å². The number of amides is 2. The summed E-state index contributed by atoms with van der Waals surface area (Å²) in [5, 5.41) is 11.7. The Balaban J connectivity index is 1.54. The molecule has 1 unspecified atom stereocenters. The van der Waals surface area contributed by atoms with Crippen molar-refractivity contribution in [2.75, 3.05) is 30.0 Å². The van der Waals surface area contributed by atoms with Gasteiger partial charge in [0.1, 0.15) is 6.04 Å². The Morgan fingerprint density at radius 2 is 1.79 bits per heavy atom. The molecule has 2 aromatic rings. The zero-order valence-corrected chi connectivity index (χ0v) is 20.5. The number of nitrogens with one attached hydrogen (secondary N) is 1. The van der Waals surface area contributed by atoms with E-state index in [4.69, 9.17) is 5.26 Å². The smallest absolute Gasteiger partial charge is 0.255 e. The van der Waals surface area contributed by atoms with E-state index in [0.29, 0.717) is 41.5 Å². The number of hydrogen-bond acceptors (Lipinski definition) is 6. The quantitative estimate of drug-likeness (QED) is 0.678. The minimum Gasteiger partial charge on any atom is -0.324 e. The second-order valence-corrected chi connectivity index (χ2v) is 11.3. The predicted octanol–water partition coefficient (Wildman–Crippen LogP) is 3.20.